The van der Waals surface area contributed by atoms with Crippen LogP contribution in [-0.4, -0.2) is 25.1 Å². The summed E-state index contributed by atoms with van der Waals surface area (Å²) in [5.41, 5.74) is 5.36. The summed E-state index contributed by atoms with van der Waals surface area (Å²) in [6, 6.07) is 54.5. The molecule has 0 aliphatic heterocycles. The molecule has 2 heteroatoms. The van der Waals surface area contributed by atoms with Crippen LogP contribution in [0, 0.1) is 0 Å². The van der Waals surface area contributed by atoms with Crippen molar-refractivity contribution in [1.29, 1.82) is 0 Å². The molecule has 0 saturated heterocycles. The Labute approximate surface area is 224 Å². The fourth-order valence-electron chi connectivity index (χ4n) is 5.50. The Kier molecular flexibility index (Phi) is 9.16. The summed E-state index contributed by atoms with van der Waals surface area (Å²) in [7, 11) is -0.784. The van der Waals surface area contributed by atoms with E-state index in [9.17, 15) is 0 Å². The van der Waals surface area contributed by atoms with Crippen LogP contribution in [-0.2, 0) is 0 Å². The van der Waals surface area contributed by atoms with E-state index in [0.29, 0.717) is 0 Å². The van der Waals surface area contributed by atoms with Gasteiger partial charge in [-0.1, -0.05) is 140 Å². The molecule has 5 rings (SSSR count). The fourth-order valence-corrected chi connectivity index (χ4v) is 7.57. The average Bonchev–Trinajstić information content (AvgIpc) is 3.00. The minimum absolute atomic E-state index is 0.784. The van der Waals surface area contributed by atoms with Crippen molar-refractivity contribution < 1.29 is 0 Å². The Bertz CT molecular complexity index is 1150. The van der Waals surface area contributed by atoms with Crippen LogP contribution in [0.5, 0.6) is 0 Å². The quantitative estimate of drug-likeness (QED) is 0.188. The van der Waals surface area contributed by atoms with Crippen molar-refractivity contribution in [1.82, 2.24) is 0 Å². The molecule has 0 fully saturated rings. The van der Waals surface area contributed by atoms with E-state index >= 15 is 0 Å². The molecule has 0 unspecified atom stereocenters. The number of hydrogen-bond donors (Lipinski definition) is 0. The Morgan fingerprint density at radius 2 is 0.649 bits per heavy atom. The molecule has 0 spiro atoms. The van der Waals surface area contributed by atoms with Crippen LogP contribution in [0.1, 0.15) is 13.8 Å². The van der Waals surface area contributed by atoms with Crippen molar-refractivity contribution in [3.05, 3.63) is 152 Å². The molecule has 0 atom stereocenters. The Morgan fingerprint density at radius 1 is 0.405 bits per heavy atom. The van der Waals surface area contributed by atoms with Gasteiger partial charge in [-0.2, -0.15) is 21.9 Å². The highest BCUT2D eigenvalue weighted by Gasteiger charge is 2.31. The van der Waals surface area contributed by atoms with Gasteiger partial charge in [0.05, 0.1) is 24.3 Å². The zero-order chi connectivity index (χ0) is 26.0. The van der Waals surface area contributed by atoms with Gasteiger partial charge in [-0.05, 0) is 26.0 Å². The summed E-state index contributed by atoms with van der Waals surface area (Å²) in [5, 5.41) is 1.58. The van der Waals surface area contributed by atoms with Gasteiger partial charge in [0, 0.05) is 7.26 Å². The van der Waals surface area contributed by atoms with Gasteiger partial charge < -0.3 is 0 Å². The fraction of sp³-hybridized carbons (Fsp3) is 0.143. The molecule has 0 N–H and O–H groups in total. The standard InChI is InChI=1S/C24H20B.C11H18P/c1-5-13-21(14-6-1)25(22-15-7-2-8-16-22,23-17-9-3-10-18-23)24-19-11-4-12-20-24;1-4-12(3,5-2)11-9-7-6-8-10-11/h1-20H;6-10H,4-5H2,1-3H3/q-1;+1. The highest BCUT2D eigenvalue weighted by molar-refractivity contribution is 7.82. The molecule has 0 saturated carbocycles. The summed E-state index contributed by atoms with van der Waals surface area (Å²) in [6.07, 6.45) is 1.44. The lowest BCUT2D eigenvalue weighted by Gasteiger charge is -2.44. The van der Waals surface area contributed by atoms with Gasteiger partial charge >= 0.3 is 0 Å². The highest BCUT2D eigenvalue weighted by Crippen LogP contribution is 2.52. The second kappa shape index (κ2) is 12.7. The molecule has 0 heterocycles. The van der Waals surface area contributed by atoms with Crippen LogP contribution in [0.3, 0.4) is 0 Å². The van der Waals surface area contributed by atoms with E-state index in [4.69, 9.17) is 0 Å². The maximum absolute atomic E-state index is 2.45. The van der Waals surface area contributed by atoms with Crippen molar-refractivity contribution in [2.75, 3.05) is 19.0 Å². The SMILES string of the molecule is CC[P+](C)(CC)c1ccccc1.c1ccc([B-](c2ccccc2)(c2ccccc2)c2ccccc2)cc1. The summed E-state index contributed by atoms with van der Waals surface area (Å²) < 4.78 is 0. The first-order valence-corrected chi connectivity index (χ1v) is 16.0. The Morgan fingerprint density at radius 3 is 0.892 bits per heavy atom. The molecule has 0 nitrogen and oxygen atoms in total. The first-order chi connectivity index (χ1) is 18.1. The first kappa shape index (κ1) is 26.7. The zero-order valence-electron chi connectivity index (χ0n) is 22.4. The van der Waals surface area contributed by atoms with E-state index in [0.717, 1.165) is 0 Å². The molecule has 0 radical (unpaired) electrons. The van der Waals surface area contributed by atoms with Gasteiger partial charge in [-0.3, -0.25) is 0 Å². The second-order valence-corrected chi connectivity index (χ2v) is 14.4. The molecule has 0 aromatic heterocycles. The van der Waals surface area contributed by atoms with E-state index in [2.05, 4.69) is 172 Å². The molecular formula is C35H38BP. The molecule has 5 aromatic carbocycles. The normalized spacial score (nSPS) is 11.3. The third-order valence-electron chi connectivity index (χ3n) is 7.97. The lowest BCUT2D eigenvalue weighted by molar-refractivity contribution is 1.39. The van der Waals surface area contributed by atoms with Gasteiger partial charge in [0.15, 0.2) is 0 Å². The topological polar surface area (TPSA) is 0 Å². The maximum Gasteiger partial charge on any atom is 0.108 e. The summed E-state index contributed by atoms with van der Waals surface area (Å²) in [5.74, 6) is 0. The van der Waals surface area contributed by atoms with Crippen molar-refractivity contribution in [2.24, 2.45) is 0 Å². The van der Waals surface area contributed by atoms with E-state index in [1.165, 1.54) is 34.2 Å². The maximum atomic E-state index is 2.45. The average molecular weight is 500 g/mol. The Balaban J connectivity index is 0.000000225. The van der Waals surface area contributed by atoms with E-state index in [-0.39, 0.29) is 0 Å². The summed E-state index contributed by atoms with van der Waals surface area (Å²) in [6.45, 7) is 7.07. The molecular weight excluding hydrogens is 462 g/mol. The third kappa shape index (κ3) is 5.79. The van der Waals surface area contributed by atoms with Gasteiger partial charge in [0.25, 0.3) is 0 Å². The highest BCUT2D eigenvalue weighted by atomic mass is 31.2. The molecule has 0 bridgehead atoms. The monoisotopic (exact) mass is 500 g/mol. The minimum Gasteiger partial charge on any atom is -0.195 e. The molecule has 0 aliphatic carbocycles. The number of benzene rings is 5. The van der Waals surface area contributed by atoms with Crippen molar-refractivity contribution >= 4 is 40.6 Å². The summed E-state index contributed by atoms with van der Waals surface area (Å²) >= 11 is 0. The molecule has 0 amide bonds. The van der Waals surface area contributed by atoms with Gasteiger partial charge in [-0.25, -0.2) is 0 Å². The molecule has 0 aliphatic rings. The predicted octanol–water partition coefficient (Wildman–Crippen LogP) is 6.06. The van der Waals surface area contributed by atoms with E-state index in [1.54, 1.807) is 5.30 Å². The van der Waals surface area contributed by atoms with Gasteiger partial charge in [0.1, 0.15) is 6.15 Å². The lowest BCUT2D eigenvalue weighted by Crippen LogP contribution is -2.74. The van der Waals surface area contributed by atoms with Crippen LogP contribution < -0.4 is 27.2 Å². The van der Waals surface area contributed by atoms with Crippen LogP contribution >= 0.6 is 7.26 Å². The van der Waals surface area contributed by atoms with E-state index in [1.807, 2.05) is 0 Å². The predicted molar refractivity (Wildman–Crippen MR) is 170 cm³/mol. The first-order valence-electron chi connectivity index (χ1n) is 13.4. The number of hydrogen-bond acceptors (Lipinski definition) is 0. The summed E-state index contributed by atoms with van der Waals surface area (Å²) in [4.78, 5) is 0. The molecule has 37 heavy (non-hydrogen) atoms. The lowest BCUT2D eigenvalue weighted by atomic mass is 9.13. The van der Waals surface area contributed by atoms with Crippen LogP contribution in [0.25, 0.3) is 0 Å². The molecule has 186 valence electrons. The van der Waals surface area contributed by atoms with Gasteiger partial charge in [0.2, 0.25) is 0 Å². The van der Waals surface area contributed by atoms with Gasteiger partial charge in [-0.15, -0.1) is 0 Å². The van der Waals surface area contributed by atoms with E-state index < -0.39 is 13.4 Å². The van der Waals surface area contributed by atoms with Crippen molar-refractivity contribution in [2.45, 2.75) is 13.8 Å². The molecule has 5 aromatic rings. The van der Waals surface area contributed by atoms with Crippen molar-refractivity contribution in [3.63, 3.8) is 0 Å². The largest absolute Gasteiger partial charge is 0.195 e. The third-order valence-corrected chi connectivity index (χ3v) is 12.3. The van der Waals surface area contributed by atoms with Crippen molar-refractivity contribution in [3.8, 4) is 0 Å². The smallest absolute Gasteiger partial charge is 0.108 e. The zero-order valence-corrected chi connectivity index (χ0v) is 23.3. The van der Waals surface area contributed by atoms with Crippen LogP contribution in [0.4, 0.5) is 0 Å². The van der Waals surface area contributed by atoms with Crippen LogP contribution in [0.15, 0.2) is 152 Å². The number of rotatable bonds is 7. The minimum atomic E-state index is -1.22. The van der Waals surface area contributed by atoms with Crippen LogP contribution in [0.2, 0.25) is 0 Å². The second-order valence-electron chi connectivity index (χ2n) is 9.87. The Hall–Kier alpha value is -3.41.